The Morgan fingerprint density at radius 2 is 1.76 bits per heavy atom. The van der Waals surface area contributed by atoms with Crippen molar-refractivity contribution in [2.75, 3.05) is 0 Å². The number of rotatable bonds is 5. The molecule has 0 amide bonds. The largest absolute Gasteiger partial charge is 0.488 e. The van der Waals surface area contributed by atoms with Crippen LogP contribution in [0.25, 0.3) is 6.08 Å². The summed E-state index contributed by atoms with van der Waals surface area (Å²) in [5, 5.41) is 0.660. The number of hydrogen-bond acceptors (Lipinski definition) is 3. The molecular weight excluding hydrogens is 384 g/mol. The molecule has 0 aliphatic carbocycles. The van der Waals surface area contributed by atoms with Gasteiger partial charge in [-0.05, 0) is 36.8 Å². The van der Waals surface area contributed by atoms with Crippen molar-refractivity contribution in [3.63, 3.8) is 0 Å². The highest BCUT2D eigenvalue weighted by Crippen LogP contribution is 2.39. The van der Waals surface area contributed by atoms with Gasteiger partial charge in [0, 0.05) is 16.1 Å². The van der Waals surface area contributed by atoms with Gasteiger partial charge in [0.05, 0.1) is 5.56 Å². The van der Waals surface area contributed by atoms with E-state index in [2.05, 4.69) is 0 Å². The highest BCUT2D eigenvalue weighted by Gasteiger charge is 2.29. The molecule has 0 bridgehead atoms. The van der Waals surface area contributed by atoms with Gasteiger partial charge < -0.3 is 9.47 Å². The highest BCUT2D eigenvalue weighted by atomic mass is 35.5. The number of hydrogen-bond donors (Lipinski definition) is 0. The average molecular weight is 403 g/mol. The molecule has 144 valence electrons. The monoisotopic (exact) mass is 402 g/mol. The number of carbonyl (C=O) groups is 1. The zero-order valence-corrected chi connectivity index (χ0v) is 16.6. The van der Waals surface area contributed by atoms with Crippen LogP contribution in [0.2, 0.25) is 5.02 Å². The Bertz CT molecular complexity index is 1110. The van der Waals surface area contributed by atoms with E-state index in [1.807, 2.05) is 73.7 Å². The third-order valence-corrected chi connectivity index (χ3v) is 5.08. The molecule has 0 spiro atoms. The third-order valence-electron chi connectivity index (χ3n) is 4.71. The van der Waals surface area contributed by atoms with Crippen LogP contribution < -0.4 is 9.47 Å². The van der Waals surface area contributed by atoms with Crippen molar-refractivity contribution in [2.45, 2.75) is 13.5 Å². The highest BCUT2D eigenvalue weighted by molar-refractivity contribution is 6.31. The van der Waals surface area contributed by atoms with E-state index in [1.165, 1.54) is 0 Å². The molecular formula is C25H19ClO3. The minimum Gasteiger partial charge on any atom is -0.488 e. The Kier molecular flexibility index (Phi) is 5.50. The van der Waals surface area contributed by atoms with Gasteiger partial charge >= 0.3 is 0 Å². The zero-order chi connectivity index (χ0) is 20.2. The summed E-state index contributed by atoms with van der Waals surface area (Å²) >= 11 is 6.19. The maximum absolute atomic E-state index is 12.6. The molecule has 3 aromatic carbocycles. The SMILES string of the molecule is Cc1c(OCc2ccccc2Cl)ccc2c1O/C(=C\C=C\c1ccccc1)C2=O. The quantitative estimate of drug-likeness (QED) is 0.463. The van der Waals surface area contributed by atoms with E-state index in [0.29, 0.717) is 34.5 Å². The normalized spacial score (nSPS) is 14.3. The second-order valence-electron chi connectivity index (χ2n) is 6.68. The van der Waals surface area contributed by atoms with Crippen molar-refractivity contribution in [3.8, 4) is 11.5 Å². The van der Waals surface area contributed by atoms with E-state index >= 15 is 0 Å². The molecule has 1 aliphatic heterocycles. The van der Waals surface area contributed by atoms with Crippen molar-refractivity contribution in [1.82, 2.24) is 0 Å². The number of Topliss-reactive ketones (excluding diaryl/α,β-unsaturated/α-hetero) is 1. The van der Waals surface area contributed by atoms with Gasteiger partial charge in [-0.2, -0.15) is 0 Å². The topological polar surface area (TPSA) is 35.5 Å². The van der Waals surface area contributed by atoms with Crippen molar-refractivity contribution in [3.05, 3.63) is 112 Å². The predicted octanol–water partition coefficient (Wildman–Crippen LogP) is 6.40. The first kappa shape index (κ1) is 19.0. The number of ether oxygens (including phenoxy) is 2. The van der Waals surface area contributed by atoms with E-state index in [4.69, 9.17) is 21.1 Å². The van der Waals surface area contributed by atoms with Crippen LogP contribution in [0, 0.1) is 6.92 Å². The molecule has 0 aromatic heterocycles. The van der Waals surface area contributed by atoms with Crippen LogP contribution in [0.3, 0.4) is 0 Å². The van der Waals surface area contributed by atoms with Gasteiger partial charge in [-0.3, -0.25) is 4.79 Å². The number of benzene rings is 3. The summed E-state index contributed by atoms with van der Waals surface area (Å²) in [6.07, 6.45) is 5.44. The maximum Gasteiger partial charge on any atom is 0.231 e. The molecule has 4 heteroatoms. The van der Waals surface area contributed by atoms with Crippen molar-refractivity contribution < 1.29 is 14.3 Å². The first-order chi connectivity index (χ1) is 14.1. The molecule has 1 heterocycles. The fourth-order valence-corrected chi connectivity index (χ4v) is 3.31. The first-order valence-corrected chi connectivity index (χ1v) is 9.67. The third kappa shape index (κ3) is 4.10. The summed E-state index contributed by atoms with van der Waals surface area (Å²) < 4.78 is 11.8. The van der Waals surface area contributed by atoms with E-state index in [9.17, 15) is 4.79 Å². The van der Waals surface area contributed by atoms with Gasteiger partial charge in [-0.15, -0.1) is 0 Å². The van der Waals surface area contributed by atoms with E-state index in [0.717, 1.165) is 16.7 Å². The lowest BCUT2D eigenvalue weighted by Gasteiger charge is -2.12. The zero-order valence-electron chi connectivity index (χ0n) is 15.9. The number of carbonyl (C=O) groups excluding carboxylic acids is 1. The van der Waals surface area contributed by atoms with Gasteiger partial charge in [0.15, 0.2) is 5.76 Å². The summed E-state index contributed by atoms with van der Waals surface area (Å²) in [6, 6.07) is 21.0. The summed E-state index contributed by atoms with van der Waals surface area (Å²) in [4.78, 5) is 12.6. The Hall–Kier alpha value is -3.30. The Morgan fingerprint density at radius 1 is 1.00 bits per heavy atom. The van der Waals surface area contributed by atoms with Crippen LogP contribution in [-0.4, -0.2) is 5.78 Å². The lowest BCUT2D eigenvalue weighted by Crippen LogP contribution is -1.99. The molecule has 0 radical (unpaired) electrons. The molecule has 4 rings (SSSR count). The first-order valence-electron chi connectivity index (χ1n) is 9.29. The van der Waals surface area contributed by atoms with Gasteiger partial charge in [-0.1, -0.05) is 72.3 Å². The molecule has 29 heavy (non-hydrogen) atoms. The van der Waals surface area contributed by atoms with Crippen LogP contribution in [-0.2, 0) is 6.61 Å². The number of halogens is 1. The van der Waals surface area contributed by atoms with Crippen molar-refractivity contribution >= 4 is 23.5 Å². The van der Waals surface area contributed by atoms with Crippen LogP contribution in [0.15, 0.2) is 84.6 Å². The summed E-state index contributed by atoms with van der Waals surface area (Å²) in [7, 11) is 0. The van der Waals surface area contributed by atoms with E-state index in [-0.39, 0.29) is 5.78 Å². The smallest absolute Gasteiger partial charge is 0.231 e. The summed E-state index contributed by atoms with van der Waals surface area (Å²) in [5.41, 5.74) is 3.29. The number of fused-ring (bicyclic) bond motifs is 1. The second kappa shape index (κ2) is 8.38. The molecule has 0 saturated carbocycles. The average Bonchev–Trinajstić information content (AvgIpc) is 3.06. The van der Waals surface area contributed by atoms with Gasteiger partial charge in [0.1, 0.15) is 18.1 Å². The number of allylic oxidation sites excluding steroid dienone is 3. The van der Waals surface area contributed by atoms with Crippen LogP contribution in [0.4, 0.5) is 0 Å². The summed E-state index contributed by atoms with van der Waals surface area (Å²) in [5.74, 6) is 1.39. The molecule has 0 saturated heterocycles. The standard InChI is InChI=1S/C25H19ClO3/c1-17-22(28-16-19-11-5-6-12-21(19)26)15-14-20-24(27)23(29-25(17)20)13-7-10-18-8-3-2-4-9-18/h2-15H,16H2,1H3/b10-7+,23-13-. The fourth-order valence-electron chi connectivity index (χ4n) is 3.12. The minimum absolute atomic E-state index is 0.126. The molecule has 3 aromatic rings. The Labute approximate surface area is 174 Å². The Balaban J connectivity index is 1.52. The van der Waals surface area contributed by atoms with Gasteiger partial charge in [-0.25, -0.2) is 0 Å². The summed E-state index contributed by atoms with van der Waals surface area (Å²) in [6.45, 7) is 2.23. The van der Waals surface area contributed by atoms with Gasteiger partial charge in [0.2, 0.25) is 5.78 Å². The fraction of sp³-hybridized carbons (Fsp3) is 0.0800. The van der Waals surface area contributed by atoms with Crippen LogP contribution in [0.1, 0.15) is 27.0 Å². The van der Waals surface area contributed by atoms with Gasteiger partial charge in [0.25, 0.3) is 0 Å². The lowest BCUT2D eigenvalue weighted by atomic mass is 10.1. The minimum atomic E-state index is -0.126. The van der Waals surface area contributed by atoms with Crippen molar-refractivity contribution in [1.29, 1.82) is 0 Å². The lowest BCUT2D eigenvalue weighted by molar-refractivity contribution is 0.101. The Morgan fingerprint density at radius 3 is 2.55 bits per heavy atom. The molecule has 0 atom stereocenters. The predicted molar refractivity (Wildman–Crippen MR) is 115 cm³/mol. The molecule has 0 N–H and O–H groups in total. The maximum atomic E-state index is 12.6. The molecule has 0 unspecified atom stereocenters. The molecule has 1 aliphatic rings. The van der Waals surface area contributed by atoms with E-state index < -0.39 is 0 Å². The molecule has 3 nitrogen and oxygen atoms in total. The van der Waals surface area contributed by atoms with Crippen LogP contribution >= 0.6 is 11.6 Å². The second-order valence-corrected chi connectivity index (χ2v) is 7.08. The number of ketones is 1. The molecule has 0 fully saturated rings. The van der Waals surface area contributed by atoms with Crippen LogP contribution in [0.5, 0.6) is 11.5 Å². The van der Waals surface area contributed by atoms with E-state index in [1.54, 1.807) is 18.2 Å². The van der Waals surface area contributed by atoms with Crippen molar-refractivity contribution in [2.24, 2.45) is 0 Å².